The maximum Gasteiger partial charge on any atom is 0.275 e. The van der Waals surface area contributed by atoms with E-state index >= 15 is 0 Å². The first-order valence-electron chi connectivity index (χ1n) is 6.02. The maximum atomic E-state index is 10.8. The molecule has 0 saturated heterocycles. The highest BCUT2D eigenvalue weighted by Crippen LogP contribution is 2.29. The Morgan fingerprint density at radius 2 is 1.95 bits per heavy atom. The van der Waals surface area contributed by atoms with Gasteiger partial charge >= 0.3 is 0 Å². The van der Waals surface area contributed by atoms with Gasteiger partial charge in [-0.2, -0.15) is 5.26 Å². The van der Waals surface area contributed by atoms with E-state index in [4.69, 9.17) is 15.8 Å². The van der Waals surface area contributed by atoms with Crippen molar-refractivity contribution in [2.45, 2.75) is 6.42 Å². The molecule has 0 bridgehead atoms. The van der Waals surface area contributed by atoms with Crippen LogP contribution < -0.4 is 16.0 Å². The van der Waals surface area contributed by atoms with Crippen molar-refractivity contribution in [2.24, 2.45) is 5.84 Å². The number of nitrogen functional groups attached to an aromatic ring is 1. The van der Waals surface area contributed by atoms with Crippen molar-refractivity contribution in [3.63, 3.8) is 0 Å². The lowest BCUT2D eigenvalue weighted by atomic mass is 10.2. The molecular formula is C14H12N4O3. The average molecular weight is 284 g/mol. The number of nitriles is 1. The van der Waals surface area contributed by atoms with Crippen LogP contribution in [0.4, 0.5) is 11.4 Å². The highest BCUT2D eigenvalue weighted by molar-refractivity contribution is 5.56. The number of nitrogens with zero attached hydrogens (tertiary/aromatic N) is 2. The second-order valence-corrected chi connectivity index (χ2v) is 4.20. The van der Waals surface area contributed by atoms with E-state index in [2.05, 4.69) is 11.5 Å². The summed E-state index contributed by atoms with van der Waals surface area (Å²) >= 11 is 0. The van der Waals surface area contributed by atoms with Crippen LogP contribution in [0.25, 0.3) is 0 Å². The molecule has 21 heavy (non-hydrogen) atoms. The van der Waals surface area contributed by atoms with E-state index < -0.39 is 4.92 Å². The van der Waals surface area contributed by atoms with Crippen molar-refractivity contribution >= 4 is 11.4 Å². The summed E-state index contributed by atoms with van der Waals surface area (Å²) in [6, 6.07) is 13.1. The predicted molar refractivity (Wildman–Crippen MR) is 76.7 cm³/mol. The van der Waals surface area contributed by atoms with Crippen LogP contribution in [0.15, 0.2) is 42.5 Å². The lowest BCUT2D eigenvalue weighted by molar-refractivity contribution is -0.384. The fourth-order valence-corrected chi connectivity index (χ4v) is 1.73. The number of nitrogens with one attached hydrogen (secondary N) is 1. The molecule has 2 rings (SSSR count). The van der Waals surface area contributed by atoms with Crippen LogP contribution in [-0.4, -0.2) is 4.92 Å². The van der Waals surface area contributed by atoms with Gasteiger partial charge in [0.25, 0.3) is 5.69 Å². The van der Waals surface area contributed by atoms with E-state index in [1.807, 2.05) is 0 Å². The number of nitro benzene ring substituents is 1. The van der Waals surface area contributed by atoms with E-state index in [1.165, 1.54) is 12.1 Å². The summed E-state index contributed by atoms with van der Waals surface area (Å²) in [6.07, 6.45) is 0.318. The highest BCUT2D eigenvalue weighted by Gasteiger charge is 2.11. The molecule has 0 heterocycles. The molecule has 0 radical (unpaired) electrons. The second kappa shape index (κ2) is 6.36. The SMILES string of the molecule is N#CCc1ccc(Oc2cc(NN)cc([N+](=O)[O-])c2)cc1. The minimum Gasteiger partial charge on any atom is -0.457 e. The first-order chi connectivity index (χ1) is 10.1. The van der Waals surface area contributed by atoms with Crippen LogP contribution in [0.1, 0.15) is 5.56 Å². The maximum absolute atomic E-state index is 10.8. The van der Waals surface area contributed by atoms with Gasteiger partial charge in [0, 0.05) is 12.1 Å². The molecule has 0 spiro atoms. The molecule has 106 valence electrons. The van der Waals surface area contributed by atoms with E-state index in [-0.39, 0.29) is 5.69 Å². The van der Waals surface area contributed by atoms with E-state index in [1.54, 1.807) is 30.3 Å². The second-order valence-electron chi connectivity index (χ2n) is 4.20. The van der Waals surface area contributed by atoms with Gasteiger partial charge in [0.15, 0.2) is 0 Å². The molecule has 3 N–H and O–H groups in total. The lowest BCUT2D eigenvalue weighted by Crippen LogP contribution is -2.07. The lowest BCUT2D eigenvalue weighted by Gasteiger charge is -2.08. The van der Waals surface area contributed by atoms with Crippen LogP contribution >= 0.6 is 0 Å². The Morgan fingerprint density at radius 3 is 2.52 bits per heavy atom. The van der Waals surface area contributed by atoms with Crippen molar-refractivity contribution in [1.29, 1.82) is 5.26 Å². The number of rotatable bonds is 5. The monoisotopic (exact) mass is 284 g/mol. The smallest absolute Gasteiger partial charge is 0.275 e. The first kappa shape index (κ1) is 14.3. The zero-order chi connectivity index (χ0) is 15.2. The van der Waals surface area contributed by atoms with Crippen LogP contribution in [0, 0.1) is 21.4 Å². The third kappa shape index (κ3) is 3.68. The number of nitrogens with two attached hydrogens (primary N) is 1. The number of benzene rings is 2. The summed E-state index contributed by atoms with van der Waals surface area (Å²) in [6.45, 7) is 0. The predicted octanol–water partition coefficient (Wildman–Crippen LogP) is 2.74. The number of anilines is 1. The molecule has 7 nitrogen and oxygen atoms in total. The van der Waals surface area contributed by atoms with Crippen molar-refractivity contribution < 1.29 is 9.66 Å². The summed E-state index contributed by atoms with van der Waals surface area (Å²) in [7, 11) is 0. The normalized spacial score (nSPS) is 9.71. The Balaban J connectivity index is 2.24. The number of ether oxygens (including phenoxy) is 1. The van der Waals surface area contributed by atoms with Crippen molar-refractivity contribution in [1.82, 2.24) is 0 Å². The first-order valence-corrected chi connectivity index (χ1v) is 6.02. The fraction of sp³-hybridized carbons (Fsp3) is 0.0714. The third-order valence-corrected chi connectivity index (χ3v) is 2.71. The van der Waals surface area contributed by atoms with Gasteiger partial charge in [-0.1, -0.05) is 12.1 Å². The number of hydrogen-bond donors (Lipinski definition) is 2. The van der Waals surface area contributed by atoms with Crippen LogP contribution in [0.5, 0.6) is 11.5 Å². The zero-order valence-corrected chi connectivity index (χ0v) is 10.9. The van der Waals surface area contributed by atoms with Crippen LogP contribution in [0.2, 0.25) is 0 Å². The molecule has 0 amide bonds. The molecule has 0 atom stereocenters. The van der Waals surface area contributed by atoms with E-state index in [0.717, 1.165) is 5.56 Å². The highest BCUT2D eigenvalue weighted by atomic mass is 16.6. The van der Waals surface area contributed by atoms with E-state index in [0.29, 0.717) is 23.6 Å². The van der Waals surface area contributed by atoms with Crippen molar-refractivity contribution in [3.05, 3.63) is 58.1 Å². The fourth-order valence-electron chi connectivity index (χ4n) is 1.73. The van der Waals surface area contributed by atoms with Gasteiger partial charge in [-0.15, -0.1) is 0 Å². The van der Waals surface area contributed by atoms with Crippen LogP contribution in [0.3, 0.4) is 0 Å². The molecule has 0 fully saturated rings. The zero-order valence-electron chi connectivity index (χ0n) is 10.9. The van der Waals surface area contributed by atoms with E-state index in [9.17, 15) is 10.1 Å². The van der Waals surface area contributed by atoms with Gasteiger partial charge in [0.2, 0.25) is 0 Å². The van der Waals surface area contributed by atoms with Gasteiger partial charge in [-0.25, -0.2) is 0 Å². The number of hydrogen-bond acceptors (Lipinski definition) is 6. The molecule has 0 aliphatic heterocycles. The van der Waals surface area contributed by atoms with Gasteiger partial charge in [-0.05, 0) is 17.7 Å². The third-order valence-electron chi connectivity index (χ3n) is 2.71. The van der Waals surface area contributed by atoms with Gasteiger partial charge in [0.1, 0.15) is 11.5 Å². The molecule has 0 aromatic heterocycles. The van der Waals surface area contributed by atoms with Gasteiger partial charge < -0.3 is 10.2 Å². The Morgan fingerprint density at radius 1 is 1.24 bits per heavy atom. The molecule has 0 unspecified atom stereocenters. The Bertz CT molecular complexity index is 692. The van der Waals surface area contributed by atoms with Crippen LogP contribution in [-0.2, 0) is 6.42 Å². The quantitative estimate of drug-likeness (QED) is 0.495. The summed E-state index contributed by atoms with van der Waals surface area (Å²) in [4.78, 5) is 10.3. The molecule has 0 saturated carbocycles. The minimum absolute atomic E-state index is 0.124. The Kier molecular flexibility index (Phi) is 4.33. The Labute approximate surface area is 120 Å². The number of hydrazine groups is 1. The summed E-state index contributed by atoms with van der Waals surface area (Å²) in [5.41, 5.74) is 3.47. The number of nitro groups is 1. The molecule has 2 aromatic carbocycles. The largest absolute Gasteiger partial charge is 0.457 e. The van der Waals surface area contributed by atoms with Crippen molar-refractivity contribution in [3.8, 4) is 17.6 Å². The molecular weight excluding hydrogens is 272 g/mol. The molecule has 7 heteroatoms. The summed E-state index contributed by atoms with van der Waals surface area (Å²) in [5.74, 6) is 6.09. The molecule has 0 aliphatic carbocycles. The average Bonchev–Trinajstić information content (AvgIpc) is 2.49. The van der Waals surface area contributed by atoms with Gasteiger partial charge in [-0.3, -0.25) is 16.0 Å². The minimum atomic E-state index is -0.524. The summed E-state index contributed by atoms with van der Waals surface area (Å²) in [5, 5.41) is 19.4. The Hall–Kier alpha value is -3.11. The van der Waals surface area contributed by atoms with Gasteiger partial charge in [0.05, 0.1) is 29.2 Å². The summed E-state index contributed by atoms with van der Waals surface area (Å²) < 4.78 is 5.56. The standard InChI is InChI=1S/C14H12N4O3/c15-6-5-10-1-3-13(4-2-10)21-14-8-11(17-16)7-12(9-14)18(19)20/h1-4,7-9,17H,5,16H2. The van der Waals surface area contributed by atoms with Crippen molar-refractivity contribution in [2.75, 3.05) is 5.43 Å². The molecule has 2 aromatic rings. The topological polar surface area (TPSA) is 114 Å². The molecule has 0 aliphatic rings. The number of non-ortho nitro benzene ring substituents is 1.